The summed E-state index contributed by atoms with van der Waals surface area (Å²) in [7, 11) is 0. The van der Waals surface area contributed by atoms with Gasteiger partial charge in [0.05, 0.1) is 29.6 Å². The van der Waals surface area contributed by atoms with Crippen LogP contribution in [-0.4, -0.2) is 44.4 Å². The molecule has 0 saturated carbocycles. The fourth-order valence-corrected chi connectivity index (χ4v) is 4.00. The number of rotatable bonds is 3. The quantitative estimate of drug-likeness (QED) is 0.538. The molecule has 0 unspecified atom stereocenters. The first-order valence-corrected chi connectivity index (χ1v) is 10.4. The Kier molecular flexibility index (Phi) is 5.53. The molecule has 168 valence electrons. The maximum absolute atomic E-state index is 14.6. The third-order valence-corrected chi connectivity index (χ3v) is 5.98. The van der Waals surface area contributed by atoms with Crippen LogP contribution in [0.1, 0.15) is 37.4 Å². The van der Waals surface area contributed by atoms with Crippen LogP contribution in [0.2, 0.25) is 0 Å². The van der Waals surface area contributed by atoms with Gasteiger partial charge in [0.1, 0.15) is 5.82 Å². The van der Waals surface area contributed by atoms with Gasteiger partial charge in [-0.25, -0.2) is 13.8 Å². The molecular formula is C22H24F2N6O2. The fourth-order valence-electron chi connectivity index (χ4n) is 4.00. The molecule has 1 aliphatic heterocycles. The van der Waals surface area contributed by atoms with E-state index in [1.54, 1.807) is 30.5 Å². The molecule has 1 aliphatic rings. The zero-order chi connectivity index (χ0) is 23.0. The first kappa shape index (κ1) is 21.7. The summed E-state index contributed by atoms with van der Waals surface area (Å²) in [5.41, 5.74) is 8.11. The Labute approximate surface area is 183 Å². The summed E-state index contributed by atoms with van der Waals surface area (Å²) in [6, 6.07) is 5.81. The Hall–Kier alpha value is -3.56. The average molecular weight is 442 g/mol. The van der Waals surface area contributed by atoms with E-state index in [1.165, 1.54) is 18.0 Å². The predicted octanol–water partition coefficient (Wildman–Crippen LogP) is 3.29. The number of hydrogen-bond donors (Lipinski definition) is 3. The summed E-state index contributed by atoms with van der Waals surface area (Å²) < 4.78 is 29.2. The van der Waals surface area contributed by atoms with Crippen LogP contribution in [0.4, 0.5) is 20.3 Å². The Morgan fingerprint density at radius 3 is 2.84 bits per heavy atom. The summed E-state index contributed by atoms with van der Waals surface area (Å²) in [4.78, 5) is 31.1. The van der Waals surface area contributed by atoms with Gasteiger partial charge in [-0.05, 0) is 35.7 Å². The van der Waals surface area contributed by atoms with Gasteiger partial charge in [0.2, 0.25) is 0 Å². The molecule has 0 bridgehead atoms. The first-order valence-electron chi connectivity index (χ1n) is 10.4. The van der Waals surface area contributed by atoms with Gasteiger partial charge >= 0.3 is 11.8 Å². The lowest BCUT2D eigenvalue weighted by molar-refractivity contribution is -0.159. The van der Waals surface area contributed by atoms with Crippen LogP contribution in [0.25, 0.3) is 10.9 Å². The number of pyridine rings is 1. The number of aryl methyl sites for hydroxylation is 1. The van der Waals surface area contributed by atoms with E-state index in [4.69, 9.17) is 5.73 Å². The molecule has 4 rings (SSSR count). The van der Waals surface area contributed by atoms with Crippen molar-refractivity contribution in [3.8, 4) is 0 Å². The van der Waals surface area contributed by atoms with Gasteiger partial charge in [-0.2, -0.15) is 5.10 Å². The number of alkyl halides is 2. The van der Waals surface area contributed by atoms with Crippen LogP contribution < -0.4 is 11.1 Å². The number of benzene rings is 1. The van der Waals surface area contributed by atoms with Crippen molar-refractivity contribution >= 4 is 34.2 Å². The molecule has 1 aromatic carbocycles. The topological polar surface area (TPSA) is 117 Å². The highest BCUT2D eigenvalue weighted by Crippen LogP contribution is 2.43. The van der Waals surface area contributed by atoms with Gasteiger partial charge in [0.25, 0.3) is 5.92 Å². The van der Waals surface area contributed by atoms with Crippen molar-refractivity contribution in [2.75, 3.05) is 17.6 Å². The number of likely N-dealkylation sites (tertiary alicyclic amines) is 1. The molecule has 0 radical (unpaired) electrons. The van der Waals surface area contributed by atoms with Gasteiger partial charge in [0, 0.05) is 24.3 Å². The van der Waals surface area contributed by atoms with Crippen molar-refractivity contribution < 1.29 is 18.4 Å². The number of anilines is 2. The predicted molar refractivity (Wildman–Crippen MR) is 116 cm³/mol. The summed E-state index contributed by atoms with van der Waals surface area (Å²) in [5.74, 6) is -5.50. The van der Waals surface area contributed by atoms with Crippen LogP contribution in [0, 0.1) is 5.92 Å². The van der Waals surface area contributed by atoms with E-state index in [2.05, 4.69) is 20.5 Å². The standard InChI is InChI=1S/C22H24F2N6O2/c1-3-13-7-16(10-26-19(13)25)28-20(31)21(32)30-11-12(2)22(23,24)8-18(30)14-4-5-17-15(6-14)9-27-29-17/h4-7,9-10,12,18H,3,8,11H2,1-2H3,(H2,25,26)(H,27,29)(H,28,31)/t12-,18-/m0/s1. The van der Waals surface area contributed by atoms with E-state index < -0.39 is 36.1 Å². The second kappa shape index (κ2) is 8.18. The Morgan fingerprint density at radius 2 is 2.09 bits per heavy atom. The number of carbonyl (C=O) groups excluding carboxylic acids is 2. The number of nitrogens with two attached hydrogens (primary N) is 1. The minimum atomic E-state index is -2.97. The number of nitrogen functional groups attached to an aromatic ring is 1. The highest BCUT2D eigenvalue weighted by Gasteiger charge is 2.48. The number of piperidine rings is 1. The largest absolute Gasteiger partial charge is 0.383 e. The Morgan fingerprint density at radius 1 is 1.31 bits per heavy atom. The molecule has 3 aromatic rings. The summed E-state index contributed by atoms with van der Waals surface area (Å²) in [6.45, 7) is 3.03. The highest BCUT2D eigenvalue weighted by atomic mass is 19.3. The molecule has 4 N–H and O–H groups in total. The van der Waals surface area contributed by atoms with Gasteiger partial charge in [-0.3, -0.25) is 14.7 Å². The molecule has 2 atom stereocenters. The van der Waals surface area contributed by atoms with E-state index in [-0.39, 0.29) is 6.54 Å². The molecule has 0 aliphatic carbocycles. The SMILES string of the molecule is CCc1cc(NC(=O)C(=O)N2C[C@H](C)C(F)(F)C[C@H]2c2ccc3[nH]ncc3c2)cnc1N. The van der Waals surface area contributed by atoms with E-state index in [0.29, 0.717) is 23.5 Å². The molecule has 1 saturated heterocycles. The zero-order valence-electron chi connectivity index (χ0n) is 17.7. The molecular weight excluding hydrogens is 418 g/mol. The lowest BCUT2D eigenvalue weighted by Crippen LogP contribution is -2.52. The lowest BCUT2D eigenvalue weighted by Gasteiger charge is -2.42. The van der Waals surface area contributed by atoms with Crippen LogP contribution in [0.3, 0.4) is 0 Å². The Balaban J connectivity index is 1.62. The highest BCUT2D eigenvalue weighted by molar-refractivity contribution is 6.39. The van der Waals surface area contributed by atoms with Crippen molar-refractivity contribution in [2.45, 2.75) is 38.7 Å². The summed E-state index contributed by atoms with van der Waals surface area (Å²) in [6.07, 6.45) is 2.98. The van der Waals surface area contributed by atoms with Crippen molar-refractivity contribution in [2.24, 2.45) is 5.92 Å². The van der Waals surface area contributed by atoms with Gasteiger partial charge in [0.15, 0.2) is 0 Å². The van der Waals surface area contributed by atoms with Gasteiger partial charge in [-0.15, -0.1) is 0 Å². The third-order valence-electron chi connectivity index (χ3n) is 5.98. The molecule has 2 aromatic heterocycles. The van der Waals surface area contributed by atoms with Crippen LogP contribution >= 0.6 is 0 Å². The van der Waals surface area contributed by atoms with E-state index in [9.17, 15) is 18.4 Å². The second-order valence-corrected chi connectivity index (χ2v) is 8.13. The smallest absolute Gasteiger partial charge is 0.313 e. The Bertz CT molecular complexity index is 1180. The van der Waals surface area contributed by atoms with Crippen molar-refractivity contribution in [3.05, 3.63) is 47.8 Å². The van der Waals surface area contributed by atoms with E-state index >= 15 is 0 Å². The molecule has 8 nitrogen and oxygen atoms in total. The van der Waals surface area contributed by atoms with Crippen LogP contribution in [0.15, 0.2) is 36.7 Å². The monoisotopic (exact) mass is 442 g/mol. The number of hydrogen-bond acceptors (Lipinski definition) is 5. The fraction of sp³-hybridized carbons (Fsp3) is 0.364. The van der Waals surface area contributed by atoms with Gasteiger partial charge in [-0.1, -0.05) is 19.9 Å². The minimum absolute atomic E-state index is 0.243. The van der Waals surface area contributed by atoms with E-state index in [1.807, 2.05) is 6.92 Å². The van der Waals surface area contributed by atoms with Crippen molar-refractivity contribution in [3.63, 3.8) is 0 Å². The molecule has 10 heteroatoms. The molecule has 0 spiro atoms. The molecule has 2 amide bonds. The minimum Gasteiger partial charge on any atom is -0.383 e. The third kappa shape index (κ3) is 4.00. The van der Waals surface area contributed by atoms with Crippen LogP contribution in [-0.2, 0) is 16.0 Å². The van der Waals surface area contributed by atoms with Crippen LogP contribution in [0.5, 0.6) is 0 Å². The number of nitrogens with zero attached hydrogens (tertiary/aromatic N) is 3. The van der Waals surface area contributed by atoms with Crippen molar-refractivity contribution in [1.82, 2.24) is 20.1 Å². The maximum atomic E-state index is 14.6. The van der Waals surface area contributed by atoms with Gasteiger partial charge < -0.3 is 16.0 Å². The number of halogens is 2. The molecule has 32 heavy (non-hydrogen) atoms. The lowest BCUT2D eigenvalue weighted by atomic mass is 9.86. The number of nitrogens with one attached hydrogen (secondary N) is 2. The normalized spacial score (nSPS) is 20.3. The average Bonchev–Trinajstić information content (AvgIpc) is 3.24. The summed E-state index contributed by atoms with van der Waals surface area (Å²) in [5, 5.41) is 10.0. The number of aromatic nitrogens is 3. The number of amides is 2. The van der Waals surface area contributed by atoms with E-state index in [0.717, 1.165) is 16.5 Å². The van der Waals surface area contributed by atoms with Crippen molar-refractivity contribution in [1.29, 1.82) is 0 Å². The second-order valence-electron chi connectivity index (χ2n) is 8.13. The number of aromatic amines is 1. The molecule has 1 fully saturated rings. The molecule has 3 heterocycles. The summed E-state index contributed by atoms with van der Waals surface area (Å²) >= 11 is 0. The first-order chi connectivity index (χ1) is 15.2. The maximum Gasteiger partial charge on any atom is 0.313 e. The number of carbonyl (C=O) groups is 2. The number of fused-ring (bicyclic) bond motifs is 1. The number of H-pyrrole nitrogens is 1. The zero-order valence-corrected chi connectivity index (χ0v) is 17.7.